The van der Waals surface area contributed by atoms with Crippen molar-refractivity contribution in [3.8, 4) is 0 Å². The molecule has 96 valence electrons. The van der Waals surface area contributed by atoms with Crippen molar-refractivity contribution >= 4 is 10.9 Å². The van der Waals surface area contributed by atoms with Crippen LogP contribution in [-0.4, -0.2) is 15.7 Å². The molecule has 2 nitrogen and oxygen atoms in total. The number of aromatic nitrogens is 2. The first-order valence-corrected chi connectivity index (χ1v) is 6.37. The molecule has 18 heavy (non-hydrogen) atoms. The lowest BCUT2D eigenvalue weighted by atomic mass is 9.92. The average molecular weight is 250 g/mol. The van der Waals surface area contributed by atoms with Crippen molar-refractivity contribution in [2.75, 3.05) is 0 Å². The number of halogens is 2. The van der Waals surface area contributed by atoms with Gasteiger partial charge in [0.05, 0.1) is 17.8 Å². The van der Waals surface area contributed by atoms with Gasteiger partial charge >= 0.3 is 0 Å². The molecule has 1 heterocycles. The highest BCUT2D eigenvalue weighted by Crippen LogP contribution is 2.39. The molecule has 1 aliphatic carbocycles. The minimum absolute atomic E-state index is 0.0229. The van der Waals surface area contributed by atoms with Gasteiger partial charge in [0, 0.05) is 18.2 Å². The van der Waals surface area contributed by atoms with Gasteiger partial charge in [-0.2, -0.15) is 5.10 Å². The van der Waals surface area contributed by atoms with Gasteiger partial charge in [-0.25, -0.2) is 8.78 Å². The van der Waals surface area contributed by atoms with Crippen molar-refractivity contribution in [1.29, 1.82) is 0 Å². The van der Waals surface area contributed by atoms with Crippen molar-refractivity contribution < 1.29 is 8.78 Å². The zero-order valence-electron chi connectivity index (χ0n) is 10.4. The Balaban J connectivity index is 1.91. The van der Waals surface area contributed by atoms with Gasteiger partial charge in [-0.05, 0) is 31.9 Å². The normalized spacial score (nSPS) is 20.4. The summed E-state index contributed by atoms with van der Waals surface area (Å²) in [6.07, 6.45) is 2.81. The van der Waals surface area contributed by atoms with E-state index < -0.39 is 5.92 Å². The van der Waals surface area contributed by atoms with Gasteiger partial charge in [0.2, 0.25) is 5.92 Å². The lowest BCUT2D eigenvalue weighted by Gasteiger charge is -2.28. The van der Waals surface area contributed by atoms with E-state index in [0.717, 1.165) is 10.9 Å². The maximum Gasteiger partial charge on any atom is 0.248 e. The van der Waals surface area contributed by atoms with Crippen molar-refractivity contribution in [1.82, 2.24) is 9.78 Å². The topological polar surface area (TPSA) is 17.8 Å². The third kappa shape index (κ3) is 2.00. The molecular formula is C14H16F2N2. The molecule has 1 saturated carbocycles. The average Bonchev–Trinajstić information content (AvgIpc) is 2.72. The third-order valence-electron chi connectivity index (χ3n) is 3.78. The highest BCUT2D eigenvalue weighted by atomic mass is 19.3. The lowest BCUT2D eigenvalue weighted by molar-refractivity contribution is -0.0446. The van der Waals surface area contributed by atoms with Gasteiger partial charge in [-0.3, -0.25) is 4.68 Å². The molecule has 0 spiro atoms. The Morgan fingerprint density at radius 1 is 1.28 bits per heavy atom. The smallest absolute Gasteiger partial charge is 0.248 e. The van der Waals surface area contributed by atoms with Gasteiger partial charge in [-0.1, -0.05) is 11.6 Å². The van der Waals surface area contributed by atoms with Crippen LogP contribution >= 0.6 is 0 Å². The number of hydrogen-bond acceptors (Lipinski definition) is 1. The van der Waals surface area contributed by atoms with Gasteiger partial charge in [-0.15, -0.1) is 0 Å². The van der Waals surface area contributed by atoms with Crippen LogP contribution in [0, 0.1) is 6.92 Å². The molecule has 1 aromatic carbocycles. The SMILES string of the molecule is Cc1ccc2c(cnn2C2CCC(F)(F)CC2)c1. The molecule has 0 bridgehead atoms. The third-order valence-corrected chi connectivity index (χ3v) is 3.78. The Kier molecular flexibility index (Phi) is 2.61. The van der Waals surface area contributed by atoms with Crippen LogP contribution in [0.3, 0.4) is 0 Å². The summed E-state index contributed by atoms with van der Waals surface area (Å²) < 4.78 is 28.2. The van der Waals surface area contributed by atoms with Gasteiger partial charge in [0.15, 0.2) is 0 Å². The Morgan fingerprint density at radius 2 is 2.00 bits per heavy atom. The molecule has 1 aromatic heterocycles. The number of benzene rings is 1. The standard InChI is InChI=1S/C14H16F2N2/c1-10-2-3-13-11(8-10)9-17-18(13)12-4-6-14(15,16)7-5-12/h2-3,8-9,12H,4-7H2,1H3. The summed E-state index contributed by atoms with van der Waals surface area (Å²) in [6, 6.07) is 6.27. The van der Waals surface area contributed by atoms with Crippen LogP contribution < -0.4 is 0 Å². The second-order valence-corrected chi connectivity index (χ2v) is 5.24. The zero-order valence-corrected chi connectivity index (χ0v) is 10.4. The summed E-state index contributed by atoms with van der Waals surface area (Å²) in [6.45, 7) is 2.04. The van der Waals surface area contributed by atoms with Gasteiger partial charge in [0.25, 0.3) is 0 Å². The quantitative estimate of drug-likeness (QED) is 0.745. The van der Waals surface area contributed by atoms with E-state index in [4.69, 9.17) is 0 Å². The molecule has 1 aliphatic rings. The van der Waals surface area contributed by atoms with Crippen LogP contribution in [0.15, 0.2) is 24.4 Å². The molecule has 1 fully saturated rings. The Morgan fingerprint density at radius 3 is 2.72 bits per heavy atom. The van der Waals surface area contributed by atoms with Crippen LogP contribution in [-0.2, 0) is 0 Å². The molecule has 2 aromatic rings. The fourth-order valence-corrected chi connectivity index (χ4v) is 2.73. The minimum atomic E-state index is -2.48. The number of alkyl halides is 2. The summed E-state index contributed by atoms with van der Waals surface area (Å²) >= 11 is 0. The summed E-state index contributed by atoms with van der Waals surface area (Å²) in [5, 5.41) is 5.47. The van der Waals surface area contributed by atoms with E-state index in [9.17, 15) is 8.78 Å². The fourth-order valence-electron chi connectivity index (χ4n) is 2.73. The molecule has 0 amide bonds. The molecule has 0 atom stereocenters. The van der Waals surface area contributed by atoms with Crippen LogP contribution in [0.4, 0.5) is 8.78 Å². The second kappa shape index (κ2) is 4.04. The first-order valence-electron chi connectivity index (χ1n) is 6.37. The van der Waals surface area contributed by atoms with Crippen molar-refractivity contribution in [3.63, 3.8) is 0 Å². The predicted octanol–water partition coefficient (Wildman–Crippen LogP) is 4.10. The molecule has 4 heteroatoms. The number of hydrogen-bond donors (Lipinski definition) is 0. The van der Waals surface area contributed by atoms with Crippen LogP contribution in [0.25, 0.3) is 10.9 Å². The van der Waals surface area contributed by atoms with E-state index in [1.165, 1.54) is 5.56 Å². The molecule has 0 saturated heterocycles. The van der Waals surface area contributed by atoms with Crippen molar-refractivity contribution in [2.24, 2.45) is 0 Å². The number of nitrogens with zero attached hydrogens (tertiary/aromatic N) is 2. The number of fused-ring (bicyclic) bond motifs is 1. The molecule has 0 unspecified atom stereocenters. The largest absolute Gasteiger partial charge is 0.262 e. The maximum absolute atomic E-state index is 13.2. The van der Waals surface area contributed by atoms with Crippen LogP contribution in [0.5, 0.6) is 0 Å². The molecule has 0 N–H and O–H groups in total. The van der Waals surface area contributed by atoms with E-state index in [2.05, 4.69) is 11.2 Å². The Hall–Kier alpha value is -1.45. The Labute approximate surface area is 105 Å². The monoisotopic (exact) mass is 250 g/mol. The van der Waals surface area contributed by atoms with E-state index in [0.29, 0.717) is 12.8 Å². The van der Waals surface area contributed by atoms with E-state index in [1.807, 2.05) is 29.9 Å². The van der Waals surface area contributed by atoms with E-state index in [-0.39, 0.29) is 18.9 Å². The van der Waals surface area contributed by atoms with Gasteiger partial charge in [0.1, 0.15) is 0 Å². The van der Waals surface area contributed by atoms with Crippen molar-refractivity contribution in [3.05, 3.63) is 30.0 Å². The number of aryl methyl sites for hydroxylation is 1. The van der Waals surface area contributed by atoms with Gasteiger partial charge < -0.3 is 0 Å². The first kappa shape index (κ1) is 11.6. The lowest BCUT2D eigenvalue weighted by Crippen LogP contribution is -2.26. The maximum atomic E-state index is 13.2. The fraction of sp³-hybridized carbons (Fsp3) is 0.500. The summed E-state index contributed by atoms with van der Waals surface area (Å²) in [7, 11) is 0. The van der Waals surface area contributed by atoms with Crippen molar-refractivity contribution in [2.45, 2.75) is 44.6 Å². The summed E-state index contributed by atoms with van der Waals surface area (Å²) in [5.74, 6) is -2.48. The number of rotatable bonds is 1. The molecule has 3 rings (SSSR count). The van der Waals surface area contributed by atoms with E-state index in [1.54, 1.807) is 0 Å². The zero-order chi connectivity index (χ0) is 12.8. The molecule has 0 aliphatic heterocycles. The summed E-state index contributed by atoms with van der Waals surface area (Å²) in [5.41, 5.74) is 2.24. The highest BCUT2D eigenvalue weighted by Gasteiger charge is 2.36. The molecule has 0 radical (unpaired) electrons. The minimum Gasteiger partial charge on any atom is -0.262 e. The second-order valence-electron chi connectivity index (χ2n) is 5.24. The predicted molar refractivity (Wildman–Crippen MR) is 66.9 cm³/mol. The van der Waals surface area contributed by atoms with E-state index >= 15 is 0 Å². The van der Waals surface area contributed by atoms with Crippen LogP contribution in [0.1, 0.15) is 37.3 Å². The first-order chi connectivity index (χ1) is 8.55. The summed E-state index contributed by atoms with van der Waals surface area (Å²) in [4.78, 5) is 0. The van der Waals surface area contributed by atoms with Crippen LogP contribution in [0.2, 0.25) is 0 Å². The molecular weight excluding hydrogens is 234 g/mol. The highest BCUT2D eigenvalue weighted by molar-refractivity contribution is 5.79. The Bertz CT molecular complexity index is 564.